The van der Waals surface area contributed by atoms with Crippen LogP contribution in [0.25, 0.3) is 0 Å². The molecule has 0 aliphatic carbocycles. The van der Waals surface area contributed by atoms with Gasteiger partial charge in [-0.2, -0.15) is 0 Å². The number of carbonyl (C=O) groups is 1. The van der Waals surface area contributed by atoms with Crippen molar-refractivity contribution in [2.24, 2.45) is 0 Å². The second-order valence-corrected chi connectivity index (χ2v) is 6.14. The summed E-state index contributed by atoms with van der Waals surface area (Å²) >= 11 is 0. The third kappa shape index (κ3) is 6.57. The van der Waals surface area contributed by atoms with Crippen molar-refractivity contribution in [1.82, 2.24) is 15.2 Å². The van der Waals surface area contributed by atoms with Crippen molar-refractivity contribution in [3.05, 3.63) is 33.2 Å². The molecule has 0 aromatic carbocycles. The molecule has 0 aliphatic heterocycles. The van der Waals surface area contributed by atoms with Crippen LogP contribution in [0.1, 0.15) is 61.1 Å². The van der Waals surface area contributed by atoms with Gasteiger partial charge < -0.3 is 15.2 Å². The molecule has 0 spiro atoms. The topological polar surface area (TPSA) is 65.2 Å². The minimum Gasteiger partial charge on any atom is -0.351 e. The number of aromatic nitrogens is 1. The van der Waals surface area contributed by atoms with E-state index in [1.54, 1.807) is 6.92 Å². The first-order valence-electron chi connectivity index (χ1n) is 8.70. The van der Waals surface area contributed by atoms with Crippen molar-refractivity contribution in [3.8, 4) is 0 Å². The van der Waals surface area contributed by atoms with Crippen LogP contribution in [0, 0.1) is 13.8 Å². The zero-order valence-corrected chi connectivity index (χ0v) is 15.0. The average molecular weight is 321 g/mol. The number of nitrogens with zero attached hydrogens (tertiary/aromatic N) is 1. The fourth-order valence-electron chi connectivity index (χ4n) is 2.65. The molecule has 0 saturated carbocycles. The van der Waals surface area contributed by atoms with Gasteiger partial charge in [-0.15, -0.1) is 0 Å². The lowest BCUT2D eigenvalue weighted by molar-refractivity contribution is 0.0946. The smallest absolute Gasteiger partial charge is 0.261 e. The van der Waals surface area contributed by atoms with Gasteiger partial charge in [0.1, 0.15) is 5.56 Å². The number of H-pyrrole nitrogens is 1. The Bertz CT molecular complexity index is 544. The Morgan fingerprint density at radius 2 is 1.74 bits per heavy atom. The van der Waals surface area contributed by atoms with E-state index >= 15 is 0 Å². The van der Waals surface area contributed by atoms with E-state index in [1.165, 1.54) is 25.7 Å². The molecule has 130 valence electrons. The third-order valence-corrected chi connectivity index (χ3v) is 3.96. The number of hydrogen-bond acceptors (Lipinski definition) is 3. The molecule has 1 amide bonds. The van der Waals surface area contributed by atoms with Gasteiger partial charge in [0.25, 0.3) is 11.5 Å². The Morgan fingerprint density at radius 3 is 2.26 bits per heavy atom. The Kier molecular flexibility index (Phi) is 8.62. The molecule has 5 nitrogen and oxygen atoms in total. The Hall–Kier alpha value is -1.62. The van der Waals surface area contributed by atoms with Gasteiger partial charge in [-0.25, -0.2) is 0 Å². The molecular formula is C18H31N3O2. The first-order valence-corrected chi connectivity index (χ1v) is 8.70. The number of carbonyl (C=O) groups excluding carboxylic acids is 1. The van der Waals surface area contributed by atoms with E-state index in [1.807, 2.05) is 13.0 Å². The molecule has 0 saturated heterocycles. The van der Waals surface area contributed by atoms with Gasteiger partial charge in [0.05, 0.1) is 0 Å². The van der Waals surface area contributed by atoms with E-state index in [2.05, 4.69) is 29.0 Å². The Balaban J connectivity index is 2.56. The predicted octanol–water partition coefficient (Wildman–Crippen LogP) is 2.62. The van der Waals surface area contributed by atoms with E-state index in [0.717, 1.165) is 30.9 Å². The lowest BCUT2D eigenvalue weighted by Gasteiger charge is -2.22. The lowest BCUT2D eigenvalue weighted by Crippen LogP contribution is -2.38. The minimum atomic E-state index is -0.311. The van der Waals surface area contributed by atoms with Crippen LogP contribution in [0.4, 0.5) is 0 Å². The van der Waals surface area contributed by atoms with Crippen molar-refractivity contribution in [2.45, 2.75) is 53.4 Å². The van der Waals surface area contributed by atoms with E-state index in [4.69, 9.17) is 0 Å². The molecule has 1 rings (SSSR count). The van der Waals surface area contributed by atoms with Crippen LogP contribution < -0.4 is 10.9 Å². The highest BCUT2D eigenvalue weighted by Crippen LogP contribution is 2.03. The summed E-state index contributed by atoms with van der Waals surface area (Å²) in [5.41, 5.74) is 1.41. The standard InChI is InChI=1S/C18H31N3O2/c1-5-7-10-21(11-8-6-2)12-9-19-17(22)16-14(3)13-15(4)20-18(16)23/h13H,5-12H2,1-4H3,(H,19,22)(H,20,23). The molecule has 0 unspecified atom stereocenters. The summed E-state index contributed by atoms with van der Waals surface area (Å²) in [5.74, 6) is -0.283. The molecule has 2 N–H and O–H groups in total. The first-order chi connectivity index (χ1) is 11.0. The van der Waals surface area contributed by atoms with E-state index < -0.39 is 0 Å². The molecule has 0 radical (unpaired) electrons. The summed E-state index contributed by atoms with van der Waals surface area (Å²) in [6.45, 7) is 11.5. The van der Waals surface area contributed by atoms with Crippen LogP contribution in [-0.4, -0.2) is 42.0 Å². The van der Waals surface area contributed by atoms with Gasteiger partial charge in [-0.3, -0.25) is 9.59 Å². The van der Waals surface area contributed by atoms with E-state index in [9.17, 15) is 9.59 Å². The maximum Gasteiger partial charge on any atom is 0.261 e. The van der Waals surface area contributed by atoms with Gasteiger partial charge >= 0.3 is 0 Å². The number of hydrogen-bond donors (Lipinski definition) is 2. The maximum absolute atomic E-state index is 12.3. The fourth-order valence-corrected chi connectivity index (χ4v) is 2.65. The van der Waals surface area contributed by atoms with Crippen molar-refractivity contribution in [1.29, 1.82) is 0 Å². The molecule has 23 heavy (non-hydrogen) atoms. The quantitative estimate of drug-likeness (QED) is 0.696. The normalized spacial score (nSPS) is 11.0. The molecule has 0 bridgehead atoms. The number of pyridine rings is 1. The summed E-state index contributed by atoms with van der Waals surface area (Å²) in [6, 6.07) is 1.82. The van der Waals surface area contributed by atoms with Crippen molar-refractivity contribution in [2.75, 3.05) is 26.2 Å². The molecule has 5 heteroatoms. The summed E-state index contributed by atoms with van der Waals surface area (Å²) in [7, 11) is 0. The number of rotatable bonds is 10. The fraction of sp³-hybridized carbons (Fsp3) is 0.667. The Labute approximate surface area is 139 Å². The molecule has 0 aliphatic rings. The highest BCUT2D eigenvalue weighted by molar-refractivity contribution is 5.95. The van der Waals surface area contributed by atoms with Crippen LogP contribution in [-0.2, 0) is 0 Å². The van der Waals surface area contributed by atoms with Gasteiger partial charge in [0.2, 0.25) is 0 Å². The maximum atomic E-state index is 12.3. The highest BCUT2D eigenvalue weighted by atomic mass is 16.2. The number of aromatic amines is 1. The molecule has 1 aromatic heterocycles. The molecule has 0 atom stereocenters. The van der Waals surface area contributed by atoms with Gasteiger partial charge in [-0.05, 0) is 51.4 Å². The number of nitrogens with one attached hydrogen (secondary N) is 2. The van der Waals surface area contributed by atoms with Crippen molar-refractivity contribution in [3.63, 3.8) is 0 Å². The summed E-state index contributed by atoms with van der Waals surface area (Å²) < 4.78 is 0. The van der Waals surface area contributed by atoms with Crippen LogP contribution in [0.5, 0.6) is 0 Å². The van der Waals surface area contributed by atoms with Gasteiger partial charge in [-0.1, -0.05) is 26.7 Å². The predicted molar refractivity (Wildman–Crippen MR) is 95.1 cm³/mol. The second-order valence-electron chi connectivity index (χ2n) is 6.14. The summed E-state index contributed by atoms with van der Waals surface area (Å²) in [5, 5.41) is 2.88. The number of aryl methyl sites for hydroxylation is 2. The third-order valence-electron chi connectivity index (χ3n) is 3.96. The molecule has 1 aromatic rings. The summed E-state index contributed by atoms with van der Waals surface area (Å²) in [6.07, 6.45) is 4.70. The lowest BCUT2D eigenvalue weighted by atomic mass is 10.1. The van der Waals surface area contributed by atoms with Crippen LogP contribution in [0.15, 0.2) is 10.9 Å². The molecule has 0 fully saturated rings. The zero-order valence-electron chi connectivity index (χ0n) is 15.0. The second kappa shape index (κ2) is 10.2. The van der Waals surface area contributed by atoms with Crippen molar-refractivity contribution >= 4 is 5.91 Å². The zero-order chi connectivity index (χ0) is 17.2. The van der Waals surface area contributed by atoms with Gasteiger partial charge in [0.15, 0.2) is 0 Å². The first kappa shape index (κ1) is 19.4. The minimum absolute atomic E-state index is 0.226. The van der Waals surface area contributed by atoms with Crippen LogP contribution in [0.2, 0.25) is 0 Å². The van der Waals surface area contributed by atoms with Crippen LogP contribution in [0.3, 0.4) is 0 Å². The van der Waals surface area contributed by atoms with E-state index in [0.29, 0.717) is 6.54 Å². The highest BCUT2D eigenvalue weighted by Gasteiger charge is 2.14. The van der Waals surface area contributed by atoms with Crippen LogP contribution >= 0.6 is 0 Å². The average Bonchev–Trinajstić information content (AvgIpc) is 2.48. The van der Waals surface area contributed by atoms with Gasteiger partial charge in [0, 0.05) is 18.8 Å². The Morgan fingerprint density at radius 1 is 1.13 bits per heavy atom. The monoisotopic (exact) mass is 321 g/mol. The number of amides is 1. The molecule has 1 heterocycles. The van der Waals surface area contributed by atoms with Crippen molar-refractivity contribution < 1.29 is 4.79 Å². The summed E-state index contributed by atoms with van der Waals surface area (Å²) in [4.78, 5) is 29.3. The number of unbranched alkanes of at least 4 members (excludes halogenated alkanes) is 2. The SMILES string of the molecule is CCCCN(CCCC)CCNC(=O)c1c(C)cc(C)[nH]c1=O. The van der Waals surface area contributed by atoms with E-state index in [-0.39, 0.29) is 17.0 Å². The largest absolute Gasteiger partial charge is 0.351 e. The molecular weight excluding hydrogens is 290 g/mol.